The molecule has 1 saturated heterocycles. The van der Waals surface area contributed by atoms with E-state index in [4.69, 9.17) is 18.6 Å². The number of rotatable bonds is 7. The third-order valence-corrected chi connectivity index (χ3v) is 11.3. The average Bonchev–Trinajstić information content (AvgIpc) is 3.13. The van der Waals surface area contributed by atoms with Gasteiger partial charge in [0.25, 0.3) is 0 Å². The molecule has 1 aliphatic carbocycles. The first kappa shape index (κ1) is 21.8. The molecule has 5 atom stereocenters. The van der Waals surface area contributed by atoms with Crippen LogP contribution in [0.1, 0.15) is 39.2 Å². The van der Waals surface area contributed by atoms with E-state index >= 15 is 0 Å². The van der Waals surface area contributed by atoms with Crippen LogP contribution in [0.4, 0.5) is 0 Å². The molecule has 6 heteroatoms. The lowest BCUT2D eigenvalue weighted by Crippen LogP contribution is -2.43. The normalized spacial score (nSPS) is 30.5. The van der Waals surface area contributed by atoms with Crippen LogP contribution < -0.4 is 4.74 Å². The minimum absolute atomic E-state index is 0.0730. The predicted molar refractivity (Wildman–Crippen MR) is 112 cm³/mol. The van der Waals surface area contributed by atoms with Gasteiger partial charge in [0, 0.05) is 25.4 Å². The van der Waals surface area contributed by atoms with Gasteiger partial charge >= 0.3 is 0 Å². The molecule has 2 aliphatic rings. The minimum Gasteiger partial charge on any atom is -0.497 e. The van der Waals surface area contributed by atoms with Crippen LogP contribution in [0.3, 0.4) is 0 Å². The van der Waals surface area contributed by atoms with Crippen molar-refractivity contribution in [2.45, 2.75) is 76.8 Å². The third-order valence-electron chi connectivity index (χ3n) is 6.84. The van der Waals surface area contributed by atoms with Gasteiger partial charge in [-0.1, -0.05) is 32.9 Å². The summed E-state index contributed by atoms with van der Waals surface area (Å²) in [6.45, 7) is 12.6. The van der Waals surface area contributed by atoms with Gasteiger partial charge in [-0.05, 0) is 41.7 Å². The molecule has 0 radical (unpaired) electrons. The van der Waals surface area contributed by atoms with Gasteiger partial charge in [-0.15, -0.1) is 0 Å². The fourth-order valence-electron chi connectivity index (χ4n) is 3.97. The Labute approximate surface area is 170 Å². The van der Waals surface area contributed by atoms with Gasteiger partial charge in [0.1, 0.15) is 5.75 Å². The fraction of sp³-hybridized carbons (Fsp3) is 0.727. The maximum absolute atomic E-state index is 9.95. The molecular formula is C22H36O5Si. The molecule has 1 aromatic rings. The van der Waals surface area contributed by atoms with Crippen LogP contribution in [0.15, 0.2) is 24.3 Å². The highest BCUT2D eigenvalue weighted by Gasteiger charge is 2.50. The van der Waals surface area contributed by atoms with Gasteiger partial charge in [0.05, 0.1) is 25.9 Å². The number of ether oxygens (including phenoxy) is 3. The van der Waals surface area contributed by atoms with E-state index in [0.29, 0.717) is 25.6 Å². The van der Waals surface area contributed by atoms with E-state index in [1.807, 2.05) is 24.3 Å². The zero-order valence-electron chi connectivity index (χ0n) is 18.1. The maximum atomic E-state index is 9.95. The number of hydrogen-bond donors (Lipinski definition) is 1. The molecule has 28 heavy (non-hydrogen) atoms. The van der Waals surface area contributed by atoms with Crippen LogP contribution in [0.25, 0.3) is 0 Å². The van der Waals surface area contributed by atoms with E-state index < -0.39 is 14.6 Å². The van der Waals surface area contributed by atoms with Crippen molar-refractivity contribution in [3.63, 3.8) is 0 Å². The molecule has 0 amide bonds. The summed E-state index contributed by atoms with van der Waals surface area (Å²) in [7, 11) is -0.162. The molecule has 3 rings (SSSR count). The highest BCUT2D eigenvalue weighted by Crippen LogP contribution is 2.45. The SMILES string of the molecule is COc1ccc(CO[C@@H]2C[C@@H]3OC(O)C[C@@H]3[C@H]2CO[Si](C)(C)C(C)(C)C)cc1. The van der Waals surface area contributed by atoms with Crippen molar-refractivity contribution in [2.24, 2.45) is 11.8 Å². The maximum Gasteiger partial charge on any atom is 0.191 e. The summed E-state index contributed by atoms with van der Waals surface area (Å²) in [6.07, 6.45) is 1.02. The molecule has 1 unspecified atom stereocenters. The van der Waals surface area contributed by atoms with E-state index in [9.17, 15) is 5.11 Å². The first-order valence-corrected chi connectivity index (χ1v) is 13.2. The van der Waals surface area contributed by atoms with Crippen LogP contribution in [0, 0.1) is 11.8 Å². The summed E-state index contributed by atoms with van der Waals surface area (Å²) in [5, 5.41) is 10.1. The Kier molecular flexibility index (Phi) is 6.57. The van der Waals surface area contributed by atoms with Gasteiger partial charge in [0.2, 0.25) is 0 Å². The molecule has 0 bridgehead atoms. The number of methoxy groups -OCH3 is 1. The predicted octanol–water partition coefficient (Wildman–Crippen LogP) is 4.35. The number of hydrogen-bond acceptors (Lipinski definition) is 5. The van der Waals surface area contributed by atoms with Crippen molar-refractivity contribution in [1.82, 2.24) is 0 Å². The largest absolute Gasteiger partial charge is 0.497 e. The van der Waals surface area contributed by atoms with Gasteiger partial charge in [-0.3, -0.25) is 0 Å². The van der Waals surface area contributed by atoms with E-state index in [2.05, 4.69) is 33.9 Å². The highest BCUT2D eigenvalue weighted by atomic mass is 28.4. The topological polar surface area (TPSA) is 57.2 Å². The van der Waals surface area contributed by atoms with Crippen LogP contribution >= 0.6 is 0 Å². The summed E-state index contributed by atoms with van der Waals surface area (Å²) >= 11 is 0. The molecule has 1 heterocycles. The Morgan fingerprint density at radius 2 is 1.82 bits per heavy atom. The van der Waals surface area contributed by atoms with E-state index in [-0.39, 0.29) is 23.2 Å². The molecule has 5 nitrogen and oxygen atoms in total. The molecule has 1 N–H and O–H groups in total. The molecular weight excluding hydrogens is 372 g/mol. The van der Waals surface area contributed by atoms with E-state index in [0.717, 1.165) is 17.7 Å². The smallest absolute Gasteiger partial charge is 0.191 e. The third kappa shape index (κ3) is 4.79. The zero-order chi connectivity index (χ0) is 20.5. The second-order valence-electron chi connectivity index (χ2n) is 9.70. The Morgan fingerprint density at radius 3 is 2.43 bits per heavy atom. The molecule has 2 fully saturated rings. The Morgan fingerprint density at radius 1 is 1.14 bits per heavy atom. The first-order valence-electron chi connectivity index (χ1n) is 10.3. The molecule has 1 saturated carbocycles. The van der Waals surface area contributed by atoms with Crippen molar-refractivity contribution in [3.05, 3.63) is 29.8 Å². The molecule has 0 spiro atoms. The van der Waals surface area contributed by atoms with Crippen molar-refractivity contribution >= 4 is 8.32 Å². The molecule has 1 aromatic carbocycles. The monoisotopic (exact) mass is 408 g/mol. The summed E-state index contributed by atoms with van der Waals surface area (Å²) in [4.78, 5) is 0. The van der Waals surface area contributed by atoms with E-state index in [1.54, 1.807) is 7.11 Å². The summed E-state index contributed by atoms with van der Waals surface area (Å²) in [6, 6.07) is 7.99. The first-order chi connectivity index (χ1) is 13.1. The van der Waals surface area contributed by atoms with Gasteiger partial charge in [0.15, 0.2) is 14.6 Å². The van der Waals surface area contributed by atoms with Crippen molar-refractivity contribution in [1.29, 1.82) is 0 Å². The lowest BCUT2D eigenvalue weighted by molar-refractivity contribution is -0.0998. The van der Waals surface area contributed by atoms with Gasteiger partial charge in [-0.25, -0.2) is 0 Å². The average molecular weight is 409 g/mol. The number of fused-ring (bicyclic) bond motifs is 1. The number of benzene rings is 1. The standard InChI is InChI=1S/C22H36O5Si/c1-22(2,3)28(5,6)26-14-18-17-11-21(23)27-20(17)12-19(18)25-13-15-7-9-16(24-4)10-8-15/h7-10,17-21,23H,11-14H2,1-6H3/t17-,18-,19-,20+,21?/m1/s1. The molecule has 1 aliphatic heterocycles. The van der Waals surface area contributed by atoms with Crippen molar-refractivity contribution < 1.29 is 23.7 Å². The summed E-state index contributed by atoms with van der Waals surface area (Å²) in [5.41, 5.74) is 1.13. The highest BCUT2D eigenvalue weighted by molar-refractivity contribution is 6.74. The van der Waals surface area contributed by atoms with E-state index in [1.165, 1.54) is 0 Å². The lowest BCUT2D eigenvalue weighted by Gasteiger charge is -2.38. The summed E-state index contributed by atoms with van der Waals surface area (Å²) in [5.74, 6) is 1.41. The number of aliphatic hydroxyl groups is 1. The van der Waals surface area contributed by atoms with Crippen LogP contribution in [-0.2, 0) is 20.5 Å². The van der Waals surface area contributed by atoms with Crippen molar-refractivity contribution in [3.8, 4) is 5.75 Å². The Balaban J connectivity index is 1.64. The van der Waals surface area contributed by atoms with Crippen LogP contribution in [0.5, 0.6) is 5.75 Å². The second-order valence-corrected chi connectivity index (χ2v) is 14.5. The van der Waals surface area contributed by atoms with Gasteiger partial charge in [-0.2, -0.15) is 0 Å². The Hall–Kier alpha value is -0.923. The lowest BCUT2D eigenvalue weighted by atomic mass is 9.93. The van der Waals surface area contributed by atoms with Crippen LogP contribution in [0.2, 0.25) is 18.1 Å². The fourth-order valence-corrected chi connectivity index (χ4v) is 5.01. The Bertz CT molecular complexity index is 639. The van der Waals surface area contributed by atoms with Crippen LogP contribution in [-0.4, -0.2) is 45.6 Å². The number of aliphatic hydroxyl groups excluding tert-OH is 1. The molecule has 158 valence electrons. The zero-order valence-corrected chi connectivity index (χ0v) is 19.1. The van der Waals surface area contributed by atoms with Gasteiger partial charge < -0.3 is 23.7 Å². The minimum atomic E-state index is -1.83. The van der Waals surface area contributed by atoms with Crippen molar-refractivity contribution in [2.75, 3.05) is 13.7 Å². The molecule has 0 aromatic heterocycles. The quantitative estimate of drug-likeness (QED) is 0.680. The second kappa shape index (κ2) is 8.44. The summed E-state index contributed by atoms with van der Waals surface area (Å²) < 4.78 is 23.8.